The highest BCUT2D eigenvalue weighted by Crippen LogP contribution is 2.24. The molecule has 1 N–H and O–H groups in total. The van der Waals surface area contributed by atoms with E-state index in [9.17, 15) is 0 Å². The van der Waals surface area contributed by atoms with Gasteiger partial charge in [-0.05, 0) is 38.0 Å². The summed E-state index contributed by atoms with van der Waals surface area (Å²) in [6.45, 7) is 6.33. The fraction of sp³-hybridized carbons (Fsp3) is 0.400. The second-order valence-electron chi connectivity index (χ2n) is 5.02. The van der Waals surface area contributed by atoms with Crippen LogP contribution in [0.3, 0.4) is 0 Å². The monoisotopic (exact) mass is 262 g/mol. The maximum absolute atomic E-state index is 6.04. The Morgan fingerprint density at radius 1 is 1.33 bits per heavy atom. The average Bonchev–Trinajstić information content (AvgIpc) is 2.39. The molecule has 0 aliphatic carbocycles. The molecule has 2 nitrogen and oxygen atoms in total. The number of aryl methyl sites for hydroxylation is 1. The first-order chi connectivity index (χ1) is 8.58. The van der Waals surface area contributed by atoms with Gasteiger partial charge in [0, 0.05) is 16.8 Å². The van der Waals surface area contributed by atoms with Crippen molar-refractivity contribution in [2.24, 2.45) is 0 Å². The molecule has 18 heavy (non-hydrogen) atoms. The van der Waals surface area contributed by atoms with E-state index in [1.165, 1.54) is 5.39 Å². The average molecular weight is 263 g/mol. The molecule has 0 aliphatic heterocycles. The van der Waals surface area contributed by atoms with Crippen molar-refractivity contribution in [3.8, 4) is 0 Å². The van der Waals surface area contributed by atoms with Crippen LogP contribution in [0.25, 0.3) is 10.9 Å². The minimum Gasteiger partial charge on any atom is -0.363 e. The Kier molecular flexibility index (Phi) is 3.76. The van der Waals surface area contributed by atoms with Crippen LogP contribution in [-0.4, -0.2) is 16.4 Å². The van der Waals surface area contributed by atoms with Crippen molar-refractivity contribution in [2.45, 2.75) is 32.7 Å². The lowest BCUT2D eigenvalue weighted by Crippen LogP contribution is -2.36. The number of benzene rings is 1. The molecule has 0 fully saturated rings. The summed E-state index contributed by atoms with van der Waals surface area (Å²) in [4.78, 5) is 4.69. The van der Waals surface area contributed by atoms with Crippen molar-refractivity contribution < 1.29 is 0 Å². The quantitative estimate of drug-likeness (QED) is 0.828. The molecule has 0 amide bonds. The first kappa shape index (κ1) is 13.2. The molecule has 1 heterocycles. The van der Waals surface area contributed by atoms with Gasteiger partial charge in [0.15, 0.2) is 0 Å². The predicted molar refractivity (Wildman–Crippen MR) is 79.5 cm³/mol. The summed E-state index contributed by atoms with van der Waals surface area (Å²) >= 11 is 6.04. The summed E-state index contributed by atoms with van der Waals surface area (Å²) in [5, 5.41) is 4.64. The van der Waals surface area contributed by atoms with E-state index < -0.39 is 0 Å². The number of pyridine rings is 1. The third-order valence-corrected chi connectivity index (χ3v) is 4.00. The Morgan fingerprint density at radius 3 is 2.72 bits per heavy atom. The van der Waals surface area contributed by atoms with Crippen LogP contribution in [0.2, 0.25) is 0 Å². The minimum absolute atomic E-state index is 0.109. The minimum atomic E-state index is -0.109. The van der Waals surface area contributed by atoms with Gasteiger partial charge in [-0.3, -0.25) is 0 Å². The van der Waals surface area contributed by atoms with Gasteiger partial charge in [0.05, 0.1) is 5.52 Å². The van der Waals surface area contributed by atoms with E-state index in [1.807, 2.05) is 18.2 Å². The third-order valence-electron chi connectivity index (χ3n) is 3.41. The fourth-order valence-corrected chi connectivity index (χ4v) is 2.11. The molecule has 1 aromatic heterocycles. The highest BCUT2D eigenvalue weighted by atomic mass is 35.5. The zero-order valence-electron chi connectivity index (χ0n) is 11.1. The number of hydrogen-bond donors (Lipinski definition) is 1. The van der Waals surface area contributed by atoms with Crippen molar-refractivity contribution >= 4 is 28.3 Å². The first-order valence-electron chi connectivity index (χ1n) is 6.28. The molecule has 0 aliphatic rings. The van der Waals surface area contributed by atoms with Crippen LogP contribution in [0.5, 0.6) is 0 Å². The smallest absolute Gasteiger partial charge is 0.130 e. The van der Waals surface area contributed by atoms with Gasteiger partial charge in [-0.1, -0.05) is 25.1 Å². The molecule has 96 valence electrons. The van der Waals surface area contributed by atoms with E-state index in [0.29, 0.717) is 5.88 Å². The number of nitrogens with zero attached hydrogens (tertiary/aromatic N) is 1. The third kappa shape index (κ3) is 2.59. The molecular weight excluding hydrogens is 244 g/mol. The number of anilines is 1. The number of para-hydroxylation sites is 1. The molecular formula is C15H19ClN2. The van der Waals surface area contributed by atoms with Crippen LogP contribution in [0.1, 0.15) is 25.8 Å². The summed E-state index contributed by atoms with van der Waals surface area (Å²) in [5.41, 5.74) is 2.05. The number of nitrogens with one attached hydrogen (secondary N) is 1. The van der Waals surface area contributed by atoms with Crippen LogP contribution in [0.4, 0.5) is 5.82 Å². The highest BCUT2D eigenvalue weighted by molar-refractivity contribution is 6.18. The zero-order chi connectivity index (χ0) is 13.2. The Morgan fingerprint density at radius 2 is 2.06 bits per heavy atom. The van der Waals surface area contributed by atoms with Crippen molar-refractivity contribution in [3.63, 3.8) is 0 Å². The van der Waals surface area contributed by atoms with Crippen LogP contribution < -0.4 is 5.32 Å². The Hall–Kier alpha value is -1.28. The largest absolute Gasteiger partial charge is 0.363 e. The van der Waals surface area contributed by atoms with Crippen LogP contribution >= 0.6 is 11.6 Å². The van der Waals surface area contributed by atoms with Gasteiger partial charge >= 0.3 is 0 Å². The molecule has 2 rings (SSSR count). The lowest BCUT2D eigenvalue weighted by molar-refractivity contribution is 0.551. The van der Waals surface area contributed by atoms with Gasteiger partial charge in [0.1, 0.15) is 5.82 Å². The number of hydrogen-bond acceptors (Lipinski definition) is 2. The van der Waals surface area contributed by atoms with Crippen LogP contribution in [0.15, 0.2) is 30.3 Å². The molecule has 0 saturated heterocycles. The van der Waals surface area contributed by atoms with Gasteiger partial charge in [-0.25, -0.2) is 4.98 Å². The van der Waals surface area contributed by atoms with E-state index in [2.05, 4.69) is 43.2 Å². The molecule has 0 saturated carbocycles. The first-order valence-corrected chi connectivity index (χ1v) is 6.82. The summed E-state index contributed by atoms with van der Waals surface area (Å²) in [6.07, 6.45) is 0.963. The standard InChI is InChI=1S/C15H19ClN2/c1-4-15(3,10-16)18-14-11(2)9-12-7-5-6-8-13(12)17-14/h5-9H,4,10H2,1-3H3,(H,17,18). The molecule has 0 spiro atoms. The summed E-state index contributed by atoms with van der Waals surface area (Å²) in [6, 6.07) is 10.3. The number of aromatic nitrogens is 1. The zero-order valence-corrected chi connectivity index (χ0v) is 11.9. The van der Waals surface area contributed by atoms with Gasteiger partial charge in [-0.15, -0.1) is 11.6 Å². The van der Waals surface area contributed by atoms with E-state index in [4.69, 9.17) is 11.6 Å². The number of fused-ring (bicyclic) bond motifs is 1. The molecule has 2 aromatic rings. The fourth-order valence-electron chi connectivity index (χ4n) is 1.85. The maximum atomic E-state index is 6.04. The second kappa shape index (κ2) is 5.15. The number of alkyl halides is 1. The van der Waals surface area contributed by atoms with Gasteiger partial charge in [0.2, 0.25) is 0 Å². The molecule has 0 radical (unpaired) electrons. The Balaban J connectivity index is 2.42. The maximum Gasteiger partial charge on any atom is 0.130 e. The van der Waals surface area contributed by atoms with Crippen molar-refractivity contribution in [1.29, 1.82) is 0 Å². The van der Waals surface area contributed by atoms with Crippen LogP contribution in [0, 0.1) is 6.92 Å². The lowest BCUT2D eigenvalue weighted by Gasteiger charge is -2.28. The SMILES string of the molecule is CCC(C)(CCl)Nc1nc2ccccc2cc1C. The summed E-state index contributed by atoms with van der Waals surface area (Å²) in [5.74, 6) is 1.50. The molecule has 1 atom stereocenters. The van der Waals surface area contributed by atoms with Crippen molar-refractivity contribution in [2.75, 3.05) is 11.2 Å². The topological polar surface area (TPSA) is 24.9 Å². The van der Waals surface area contributed by atoms with Gasteiger partial charge in [-0.2, -0.15) is 0 Å². The van der Waals surface area contributed by atoms with E-state index in [-0.39, 0.29) is 5.54 Å². The number of halogens is 1. The van der Waals surface area contributed by atoms with Crippen molar-refractivity contribution in [3.05, 3.63) is 35.9 Å². The van der Waals surface area contributed by atoms with Crippen LogP contribution in [-0.2, 0) is 0 Å². The molecule has 1 aromatic carbocycles. The number of rotatable bonds is 4. The van der Waals surface area contributed by atoms with E-state index in [1.54, 1.807) is 0 Å². The molecule has 3 heteroatoms. The lowest BCUT2D eigenvalue weighted by atomic mass is 10.0. The highest BCUT2D eigenvalue weighted by Gasteiger charge is 2.21. The molecule has 1 unspecified atom stereocenters. The molecule has 0 bridgehead atoms. The van der Waals surface area contributed by atoms with Gasteiger partial charge < -0.3 is 5.32 Å². The Bertz CT molecular complexity index is 547. The predicted octanol–water partition coefficient (Wildman–Crippen LogP) is 4.36. The van der Waals surface area contributed by atoms with Crippen molar-refractivity contribution in [1.82, 2.24) is 4.98 Å². The van der Waals surface area contributed by atoms with Gasteiger partial charge in [0.25, 0.3) is 0 Å². The normalized spacial score (nSPS) is 14.4. The summed E-state index contributed by atoms with van der Waals surface area (Å²) in [7, 11) is 0. The van der Waals surface area contributed by atoms with E-state index in [0.717, 1.165) is 23.3 Å². The second-order valence-corrected chi connectivity index (χ2v) is 5.29. The Labute approximate surface area is 113 Å². The summed E-state index contributed by atoms with van der Waals surface area (Å²) < 4.78 is 0. The van der Waals surface area contributed by atoms with E-state index >= 15 is 0 Å².